The second kappa shape index (κ2) is 11.9. The number of benzene rings is 1. The number of rotatable bonds is 8. The summed E-state index contributed by atoms with van der Waals surface area (Å²) in [6.45, 7) is 6.73. The van der Waals surface area contributed by atoms with Gasteiger partial charge in [-0.2, -0.15) is 0 Å². The number of nitrogens with one attached hydrogen (secondary N) is 3. The van der Waals surface area contributed by atoms with Crippen molar-refractivity contribution < 1.29 is 9.53 Å². The minimum Gasteiger partial charge on any atom is -0.368 e. The summed E-state index contributed by atoms with van der Waals surface area (Å²) in [5, 5.41) is 9.76. The average molecular weight is 416 g/mol. The molecule has 2 aliphatic rings. The van der Waals surface area contributed by atoms with Gasteiger partial charge in [0.15, 0.2) is 5.96 Å². The van der Waals surface area contributed by atoms with Gasteiger partial charge in [0.1, 0.15) is 6.10 Å². The van der Waals surface area contributed by atoms with Crippen molar-refractivity contribution in [1.29, 1.82) is 0 Å². The van der Waals surface area contributed by atoms with E-state index in [9.17, 15) is 4.79 Å². The molecule has 2 atom stereocenters. The minimum absolute atomic E-state index is 0.0572. The molecular weight excluding hydrogens is 378 g/mol. The highest BCUT2D eigenvalue weighted by molar-refractivity contribution is 5.94. The van der Waals surface area contributed by atoms with Gasteiger partial charge in [0.05, 0.1) is 0 Å². The zero-order chi connectivity index (χ0) is 21.2. The Morgan fingerprint density at radius 1 is 1.23 bits per heavy atom. The van der Waals surface area contributed by atoms with E-state index in [0.717, 1.165) is 49.2 Å². The first kappa shape index (κ1) is 22.6. The number of carbonyl (C=O) groups is 1. The number of hydrogen-bond acceptors (Lipinski definition) is 4. The zero-order valence-electron chi connectivity index (χ0n) is 18.5. The number of ether oxygens (including phenoxy) is 1. The molecule has 0 aromatic heterocycles. The summed E-state index contributed by atoms with van der Waals surface area (Å²) in [5.41, 5.74) is 1.89. The largest absolute Gasteiger partial charge is 0.368 e. The Bertz CT molecular complexity index is 703. The molecule has 30 heavy (non-hydrogen) atoms. The number of piperidine rings is 1. The Morgan fingerprint density at radius 2 is 2.13 bits per heavy atom. The highest BCUT2D eigenvalue weighted by Crippen LogP contribution is 2.18. The molecule has 0 spiro atoms. The fraction of sp³-hybridized carbons (Fsp3) is 0.652. The van der Waals surface area contributed by atoms with Gasteiger partial charge in [0.2, 0.25) is 0 Å². The van der Waals surface area contributed by atoms with Crippen LogP contribution in [0.5, 0.6) is 0 Å². The Labute approximate surface area is 180 Å². The molecule has 0 aliphatic carbocycles. The lowest BCUT2D eigenvalue weighted by molar-refractivity contribution is -0.124. The van der Waals surface area contributed by atoms with Crippen molar-refractivity contribution in [3.05, 3.63) is 29.8 Å². The molecule has 2 fully saturated rings. The summed E-state index contributed by atoms with van der Waals surface area (Å²) in [6, 6.07) is 8.63. The summed E-state index contributed by atoms with van der Waals surface area (Å²) >= 11 is 0. The van der Waals surface area contributed by atoms with Gasteiger partial charge in [0.25, 0.3) is 5.91 Å². The van der Waals surface area contributed by atoms with Gasteiger partial charge in [-0.05, 0) is 56.3 Å². The normalized spacial score (nSPS) is 22.7. The fourth-order valence-corrected chi connectivity index (χ4v) is 4.31. The lowest BCUT2D eigenvalue weighted by Crippen LogP contribution is -2.45. The maximum absolute atomic E-state index is 12.2. The second-order valence-corrected chi connectivity index (χ2v) is 8.14. The number of aliphatic imine (C=N–C) groups is 1. The fourth-order valence-electron chi connectivity index (χ4n) is 4.31. The van der Waals surface area contributed by atoms with Crippen LogP contribution in [0, 0.1) is 0 Å². The Morgan fingerprint density at radius 3 is 2.90 bits per heavy atom. The molecule has 1 amide bonds. The average Bonchev–Trinajstić information content (AvgIpc) is 3.32. The van der Waals surface area contributed by atoms with Gasteiger partial charge in [-0.3, -0.25) is 14.7 Å². The van der Waals surface area contributed by atoms with E-state index >= 15 is 0 Å². The van der Waals surface area contributed by atoms with Crippen LogP contribution in [0.2, 0.25) is 0 Å². The van der Waals surface area contributed by atoms with Crippen molar-refractivity contribution in [2.45, 2.75) is 64.1 Å². The number of likely N-dealkylation sites (tertiary alicyclic amines) is 1. The molecule has 1 aromatic carbocycles. The van der Waals surface area contributed by atoms with Crippen molar-refractivity contribution in [2.75, 3.05) is 38.6 Å². The van der Waals surface area contributed by atoms with Gasteiger partial charge in [-0.1, -0.05) is 25.5 Å². The summed E-state index contributed by atoms with van der Waals surface area (Å²) in [4.78, 5) is 19.2. The first-order valence-corrected chi connectivity index (χ1v) is 11.4. The third-order valence-electron chi connectivity index (χ3n) is 6.01. The molecule has 7 nitrogen and oxygen atoms in total. The maximum Gasteiger partial charge on any atom is 0.253 e. The van der Waals surface area contributed by atoms with E-state index in [-0.39, 0.29) is 12.0 Å². The molecule has 2 aliphatic heterocycles. The molecule has 2 heterocycles. The van der Waals surface area contributed by atoms with Gasteiger partial charge < -0.3 is 20.7 Å². The number of nitrogens with zero attached hydrogens (tertiary/aromatic N) is 2. The quantitative estimate of drug-likeness (QED) is 0.450. The standard InChI is InChI=1S/C23H37N5O2/c1-3-20-10-4-5-13-28(20)14-12-25-23(24-2)26-17-18-8-6-9-19(16-18)27-22(29)21-11-7-15-30-21/h6,8-9,16,20-21H,3-5,7,10-15,17H2,1-2H3,(H,27,29)(H2,24,25,26). The van der Waals surface area contributed by atoms with E-state index in [1.165, 1.54) is 32.2 Å². The molecule has 3 rings (SSSR count). The van der Waals surface area contributed by atoms with Crippen molar-refractivity contribution in [3.63, 3.8) is 0 Å². The molecule has 0 saturated carbocycles. The lowest BCUT2D eigenvalue weighted by atomic mass is 10.0. The van der Waals surface area contributed by atoms with Gasteiger partial charge in [-0.25, -0.2) is 0 Å². The molecule has 1 aromatic rings. The molecule has 0 radical (unpaired) electrons. The van der Waals surface area contributed by atoms with Crippen molar-refractivity contribution >= 4 is 17.6 Å². The zero-order valence-corrected chi connectivity index (χ0v) is 18.5. The van der Waals surface area contributed by atoms with Crippen LogP contribution >= 0.6 is 0 Å². The van der Waals surface area contributed by atoms with Crippen LogP contribution in [-0.2, 0) is 16.1 Å². The monoisotopic (exact) mass is 415 g/mol. The highest BCUT2D eigenvalue weighted by atomic mass is 16.5. The smallest absolute Gasteiger partial charge is 0.253 e. The first-order chi connectivity index (χ1) is 14.7. The van der Waals surface area contributed by atoms with Crippen molar-refractivity contribution in [2.24, 2.45) is 4.99 Å². The number of carbonyl (C=O) groups excluding carboxylic acids is 1. The van der Waals surface area contributed by atoms with E-state index in [2.05, 4.69) is 32.8 Å². The number of hydrogen-bond donors (Lipinski definition) is 3. The summed E-state index contributed by atoms with van der Waals surface area (Å²) in [6.07, 6.45) is 6.65. The minimum atomic E-state index is -0.318. The maximum atomic E-state index is 12.2. The molecule has 0 bridgehead atoms. The lowest BCUT2D eigenvalue weighted by Gasteiger charge is -2.35. The van der Waals surface area contributed by atoms with E-state index in [1.54, 1.807) is 7.05 Å². The Balaban J connectivity index is 1.42. The Hall–Kier alpha value is -2.12. The molecular formula is C23H37N5O2. The van der Waals surface area contributed by atoms with E-state index in [4.69, 9.17) is 4.74 Å². The SMILES string of the molecule is CCC1CCCCN1CCNC(=NC)NCc1cccc(NC(=O)C2CCCO2)c1. The predicted octanol–water partition coefficient (Wildman–Crippen LogP) is 2.73. The van der Waals surface area contributed by atoms with E-state index in [0.29, 0.717) is 13.2 Å². The molecule has 7 heteroatoms. The molecule has 2 saturated heterocycles. The van der Waals surface area contributed by atoms with Crippen LogP contribution < -0.4 is 16.0 Å². The van der Waals surface area contributed by atoms with Crippen LogP contribution in [-0.4, -0.2) is 62.2 Å². The summed E-state index contributed by atoms with van der Waals surface area (Å²) in [5.74, 6) is 0.743. The molecule has 166 valence electrons. The third-order valence-corrected chi connectivity index (χ3v) is 6.01. The number of anilines is 1. The van der Waals surface area contributed by atoms with Crippen LogP contribution in [0.3, 0.4) is 0 Å². The predicted molar refractivity (Wildman–Crippen MR) is 122 cm³/mol. The topological polar surface area (TPSA) is 78.0 Å². The van der Waals surface area contributed by atoms with Gasteiger partial charge in [0, 0.05) is 45.0 Å². The van der Waals surface area contributed by atoms with Crippen LogP contribution in [0.1, 0.15) is 51.0 Å². The first-order valence-electron chi connectivity index (χ1n) is 11.4. The van der Waals surface area contributed by atoms with Gasteiger partial charge >= 0.3 is 0 Å². The number of guanidine groups is 1. The van der Waals surface area contributed by atoms with E-state index < -0.39 is 0 Å². The number of amides is 1. The second-order valence-electron chi connectivity index (χ2n) is 8.14. The van der Waals surface area contributed by atoms with Crippen LogP contribution in [0.4, 0.5) is 5.69 Å². The highest BCUT2D eigenvalue weighted by Gasteiger charge is 2.23. The van der Waals surface area contributed by atoms with Crippen molar-refractivity contribution in [3.8, 4) is 0 Å². The van der Waals surface area contributed by atoms with Crippen LogP contribution in [0.15, 0.2) is 29.3 Å². The van der Waals surface area contributed by atoms with E-state index in [1.807, 2.05) is 24.3 Å². The summed E-state index contributed by atoms with van der Waals surface area (Å²) in [7, 11) is 1.79. The summed E-state index contributed by atoms with van der Waals surface area (Å²) < 4.78 is 5.45. The van der Waals surface area contributed by atoms with Gasteiger partial charge in [-0.15, -0.1) is 0 Å². The van der Waals surface area contributed by atoms with Crippen LogP contribution in [0.25, 0.3) is 0 Å². The van der Waals surface area contributed by atoms with Crippen molar-refractivity contribution in [1.82, 2.24) is 15.5 Å². The molecule has 3 N–H and O–H groups in total. The third kappa shape index (κ3) is 6.71. The Kier molecular flexibility index (Phi) is 8.96. The molecule has 2 unspecified atom stereocenters.